The van der Waals surface area contributed by atoms with E-state index in [9.17, 15) is 17.2 Å². The topological polar surface area (TPSA) is 96.4 Å². The van der Waals surface area contributed by atoms with E-state index in [1.807, 2.05) is 30.8 Å². The number of halogens is 2. The van der Waals surface area contributed by atoms with Crippen LogP contribution in [0.15, 0.2) is 53.2 Å². The largest absolute Gasteiger partial charge is 0.479 e. The van der Waals surface area contributed by atoms with E-state index in [-0.39, 0.29) is 17.3 Å². The lowest BCUT2D eigenvalue weighted by Crippen LogP contribution is -2.01. The van der Waals surface area contributed by atoms with Crippen molar-refractivity contribution < 1.29 is 31.2 Å². The van der Waals surface area contributed by atoms with Gasteiger partial charge in [-0.3, -0.25) is 0 Å². The van der Waals surface area contributed by atoms with Crippen molar-refractivity contribution in [3.8, 4) is 39.8 Å². The van der Waals surface area contributed by atoms with Gasteiger partial charge >= 0.3 is 0 Å². The molecule has 0 fully saturated rings. The Labute approximate surface area is 223 Å². The van der Waals surface area contributed by atoms with Gasteiger partial charge < -0.3 is 18.6 Å². The second-order valence-electron chi connectivity index (χ2n) is 9.34. The molecule has 0 N–H and O–H groups in total. The summed E-state index contributed by atoms with van der Waals surface area (Å²) in [5, 5.41) is 4.76. The molecular weight excluding hydrogens is 528 g/mol. The highest BCUT2D eigenvalue weighted by atomic mass is 32.2. The summed E-state index contributed by atoms with van der Waals surface area (Å²) in [7, 11) is -0.00470. The van der Waals surface area contributed by atoms with Crippen molar-refractivity contribution in [2.45, 2.75) is 19.6 Å². The predicted octanol–water partition coefficient (Wildman–Crippen LogP) is 6.14. The van der Waals surface area contributed by atoms with Gasteiger partial charge in [0.15, 0.2) is 21.4 Å². The molecule has 8 nitrogen and oxygen atoms in total. The molecule has 2 aromatic carbocycles. The Balaban J connectivity index is 1.77. The molecular formula is C28H25F2N3O5S. The minimum Gasteiger partial charge on any atom is -0.479 e. The molecule has 0 aliphatic rings. The van der Waals surface area contributed by atoms with Crippen molar-refractivity contribution >= 4 is 20.7 Å². The zero-order valence-electron chi connectivity index (χ0n) is 21.9. The Kier molecular flexibility index (Phi) is 6.63. The van der Waals surface area contributed by atoms with E-state index in [1.165, 1.54) is 13.2 Å². The van der Waals surface area contributed by atoms with Crippen molar-refractivity contribution in [2.75, 3.05) is 13.4 Å². The summed E-state index contributed by atoms with van der Waals surface area (Å²) in [6.07, 6.45) is 2.98. The molecule has 5 rings (SSSR count). The molecule has 39 heavy (non-hydrogen) atoms. The third-order valence-corrected chi connectivity index (χ3v) is 7.14. The smallest absolute Gasteiger partial charge is 0.238 e. The molecule has 0 aliphatic carbocycles. The highest BCUT2D eigenvalue weighted by molar-refractivity contribution is 7.89. The molecule has 3 aromatic heterocycles. The first-order valence-electron chi connectivity index (χ1n) is 11.9. The molecule has 0 aliphatic heterocycles. The van der Waals surface area contributed by atoms with Gasteiger partial charge in [-0.1, -0.05) is 11.2 Å². The van der Waals surface area contributed by atoms with E-state index in [0.29, 0.717) is 45.2 Å². The van der Waals surface area contributed by atoms with Gasteiger partial charge in [0.2, 0.25) is 5.88 Å². The van der Waals surface area contributed by atoms with Gasteiger partial charge in [0.05, 0.1) is 29.8 Å². The van der Waals surface area contributed by atoms with Gasteiger partial charge in [0.1, 0.15) is 22.8 Å². The van der Waals surface area contributed by atoms with Crippen LogP contribution in [-0.2, 0) is 22.6 Å². The Morgan fingerprint density at radius 2 is 1.77 bits per heavy atom. The fourth-order valence-electron chi connectivity index (χ4n) is 4.67. The van der Waals surface area contributed by atoms with Crippen molar-refractivity contribution in [3.05, 3.63) is 77.3 Å². The number of methoxy groups -OCH3 is 1. The number of hydrogen-bond donors (Lipinski definition) is 0. The highest BCUT2D eigenvalue weighted by Gasteiger charge is 2.23. The Hall–Kier alpha value is -4.25. The van der Waals surface area contributed by atoms with Gasteiger partial charge in [-0.15, -0.1) is 0 Å². The van der Waals surface area contributed by atoms with Crippen LogP contribution in [0.4, 0.5) is 8.78 Å². The maximum Gasteiger partial charge on any atom is 0.238 e. The molecule has 0 atom stereocenters. The summed E-state index contributed by atoms with van der Waals surface area (Å²) < 4.78 is 70.9. The van der Waals surface area contributed by atoms with Crippen LogP contribution in [0.25, 0.3) is 33.3 Å². The van der Waals surface area contributed by atoms with Gasteiger partial charge in [-0.2, -0.15) is 0 Å². The minimum atomic E-state index is -3.35. The number of ether oxygens (including phenoxy) is 2. The number of benzene rings is 2. The van der Waals surface area contributed by atoms with Crippen molar-refractivity contribution in [3.63, 3.8) is 0 Å². The first kappa shape index (κ1) is 26.4. The molecule has 202 valence electrons. The Bertz CT molecular complexity index is 1820. The van der Waals surface area contributed by atoms with E-state index < -0.39 is 21.5 Å². The number of pyridine rings is 1. The quantitative estimate of drug-likeness (QED) is 0.239. The third-order valence-electron chi connectivity index (χ3n) is 6.29. The third kappa shape index (κ3) is 5.09. The molecule has 0 unspecified atom stereocenters. The lowest BCUT2D eigenvalue weighted by molar-refractivity contribution is 0.393. The second-order valence-corrected chi connectivity index (χ2v) is 11.5. The average Bonchev–Trinajstić information content (AvgIpc) is 3.38. The lowest BCUT2D eigenvalue weighted by Gasteiger charge is -2.14. The number of sulfone groups is 1. The molecule has 0 radical (unpaired) electrons. The fourth-order valence-corrected chi connectivity index (χ4v) is 5.45. The van der Waals surface area contributed by atoms with Gasteiger partial charge in [-0.25, -0.2) is 22.2 Å². The standard InChI is InChI=1S/C28H25F2N3O5S/c1-15-26(16(2)38-32-15)23-12-20-21(13-33(3)27(20)28(31-23)36-4)19-10-17(14-39(5,34)35)6-8-24(19)37-25-9-7-18(29)11-22(25)30/h6-13H,14H2,1-5H3. The fraction of sp³-hybridized carbons (Fsp3) is 0.214. The monoisotopic (exact) mass is 553 g/mol. The van der Waals surface area contributed by atoms with Gasteiger partial charge in [0.25, 0.3) is 0 Å². The molecule has 0 saturated carbocycles. The normalized spacial score (nSPS) is 11.8. The molecule has 5 aromatic rings. The number of fused-ring (bicyclic) bond motifs is 1. The van der Waals surface area contributed by atoms with Crippen LogP contribution in [0.2, 0.25) is 0 Å². The van der Waals surface area contributed by atoms with Crippen molar-refractivity contribution in [1.82, 2.24) is 14.7 Å². The molecule has 0 amide bonds. The van der Waals surface area contributed by atoms with Crippen molar-refractivity contribution in [2.24, 2.45) is 7.05 Å². The molecule has 0 spiro atoms. The Morgan fingerprint density at radius 1 is 1.03 bits per heavy atom. The van der Waals surface area contributed by atoms with E-state index >= 15 is 0 Å². The zero-order chi connectivity index (χ0) is 28.1. The highest BCUT2D eigenvalue weighted by Crippen LogP contribution is 2.43. The van der Waals surface area contributed by atoms with Crippen LogP contribution in [0.3, 0.4) is 0 Å². The SMILES string of the molecule is COc1nc(-c2c(C)noc2C)cc2c(-c3cc(CS(C)(=O)=O)ccc3Oc3ccc(F)cc3F)cn(C)c12. The number of nitrogens with zero attached hydrogens (tertiary/aromatic N) is 3. The molecule has 0 saturated heterocycles. The average molecular weight is 554 g/mol. The number of aryl methyl sites for hydroxylation is 3. The number of rotatable bonds is 7. The second kappa shape index (κ2) is 9.81. The summed E-state index contributed by atoms with van der Waals surface area (Å²) >= 11 is 0. The zero-order valence-corrected chi connectivity index (χ0v) is 22.7. The van der Waals surface area contributed by atoms with E-state index in [1.54, 1.807) is 25.1 Å². The van der Waals surface area contributed by atoms with E-state index in [4.69, 9.17) is 14.0 Å². The maximum absolute atomic E-state index is 14.5. The van der Waals surface area contributed by atoms with Crippen LogP contribution >= 0.6 is 0 Å². The molecule has 0 bridgehead atoms. The summed E-state index contributed by atoms with van der Waals surface area (Å²) in [6.45, 7) is 3.60. The number of hydrogen-bond acceptors (Lipinski definition) is 7. The minimum absolute atomic E-state index is 0.176. The Morgan fingerprint density at radius 3 is 2.41 bits per heavy atom. The number of aromatic nitrogens is 3. The lowest BCUT2D eigenvalue weighted by atomic mass is 10.00. The van der Waals surface area contributed by atoms with Crippen LogP contribution < -0.4 is 9.47 Å². The summed E-state index contributed by atoms with van der Waals surface area (Å²) in [5.41, 5.74) is 4.31. The van der Waals surface area contributed by atoms with Gasteiger partial charge in [-0.05, 0) is 49.7 Å². The first-order chi connectivity index (χ1) is 18.4. The van der Waals surface area contributed by atoms with Crippen LogP contribution in [0, 0.1) is 25.5 Å². The maximum atomic E-state index is 14.5. The van der Waals surface area contributed by atoms with E-state index in [0.717, 1.165) is 29.3 Å². The first-order valence-corrected chi connectivity index (χ1v) is 13.9. The van der Waals surface area contributed by atoms with Crippen LogP contribution in [-0.4, -0.2) is 36.5 Å². The predicted molar refractivity (Wildman–Crippen MR) is 143 cm³/mol. The summed E-state index contributed by atoms with van der Waals surface area (Å²) in [4.78, 5) is 4.69. The van der Waals surface area contributed by atoms with Crippen LogP contribution in [0.1, 0.15) is 17.0 Å². The van der Waals surface area contributed by atoms with Crippen LogP contribution in [0.5, 0.6) is 17.4 Å². The summed E-state index contributed by atoms with van der Waals surface area (Å²) in [5.74, 6) is -0.787. The molecule has 3 heterocycles. The van der Waals surface area contributed by atoms with E-state index in [2.05, 4.69) is 10.1 Å². The molecule has 11 heteroatoms. The summed E-state index contributed by atoms with van der Waals surface area (Å²) in [6, 6.07) is 9.76. The van der Waals surface area contributed by atoms with Gasteiger partial charge in [0, 0.05) is 42.1 Å². The van der Waals surface area contributed by atoms with Crippen molar-refractivity contribution in [1.29, 1.82) is 0 Å².